The Morgan fingerprint density at radius 2 is 2.00 bits per heavy atom. The molecule has 1 nitrogen and oxygen atoms in total. The molecule has 17 heavy (non-hydrogen) atoms. The van der Waals surface area contributed by atoms with Crippen molar-refractivity contribution in [1.29, 1.82) is 0 Å². The summed E-state index contributed by atoms with van der Waals surface area (Å²) in [5, 5.41) is 0. The third-order valence-electron chi connectivity index (χ3n) is 2.66. The molecule has 0 aliphatic rings. The molecule has 1 rings (SSSR count). The van der Waals surface area contributed by atoms with Crippen LogP contribution in [0, 0.1) is 0 Å². The number of rotatable bonds is 5. The lowest BCUT2D eigenvalue weighted by Gasteiger charge is -2.15. The predicted molar refractivity (Wildman–Crippen MR) is 60.9 cm³/mol. The molecule has 0 heterocycles. The van der Waals surface area contributed by atoms with Crippen LogP contribution in [0.2, 0.25) is 0 Å². The van der Waals surface area contributed by atoms with Crippen LogP contribution in [0.4, 0.5) is 13.2 Å². The highest BCUT2D eigenvalue weighted by Crippen LogP contribution is 2.29. The molecule has 0 aliphatic carbocycles. The van der Waals surface area contributed by atoms with Gasteiger partial charge < -0.3 is 4.74 Å². The van der Waals surface area contributed by atoms with Crippen LogP contribution in [0.25, 0.3) is 0 Å². The number of hydrogen-bond donors (Lipinski definition) is 0. The van der Waals surface area contributed by atoms with Crippen molar-refractivity contribution < 1.29 is 17.9 Å². The average Bonchev–Trinajstić information content (AvgIpc) is 2.28. The summed E-state index contributed by atoms with van der Waals surface area (Å²) in [5.74, 6) is 0. The van der Waals surface area contributed by atoms with Crippen LogP contribution in [0.3, 0.4) is 0 Å². The van der Waals surface area contributed by atoms with Gasteiger partial charge in [0, 0.05) is 7.11 Å². The summed E-state index contributed by atoms with van der Waals surface area (Å²) in [6, 6.07) is 5.43. The van der Waals surface area contributed by atoms with Gasteiger partial charge in [0.15, 0.2) is 0 Å². The number of methoxy groups -OCH3 is 1. The third-order valence-corrected chi connectivity index (χ3v) is 2.66. The summed E-state index contributed by atoms with van der Waals surface area (Å²) in [4.78, 5) is 0. The molecular formula is C13H17F3O. The maximum atomic E-state index is 12.5. The van der Waals surface area contributed by atoms with Crippen LogP contribution in [-0.2, 0) is 17.3 Å². The van der Waals surface area contributed by atoms with Crippen molar-refractivity contribution in [1.82, 2.24) is 0 Å². The lowest BCUT2D eigenvalue weighted by Crippen LogP contribution is -2.14. The molecule has 0 aliphatic heterocycles. The molecule has 1 atom stereocenters. The maximum Gasteiger partial charge on any atom is 0.416 e. The maximum absolute atomic E-state index is 12.5. The summed E-state index contributed by atoms with van der Waals surface area (Å²) in [6.07, 6.45) is -1.95. The van der Waals surface area contributed by atoms with E-state index in [2.05, 4.69) is 0 Å². The second kappa shape index (κ2) is 6.05. The lowest BCUT2D eigenvalue weighted by molar-refractivity contribution is -0.137. The Bertz CT molecular complexity index is 347. The van der Waals surface area contributed by atoms with Crippen LogP contribution in [-0.4, -0.2) is 13.2 Å². The summed E-state index contributed by atoms with van der Waals surface area (Å²) in [7, 11) is 1.59. The molecule has 0 spiro atoms. The van der Waals surface area contributed by atoms with E-state index >= 15 is 0 Å². The van der Waals surface area contributed by atoms with Gasteiger partial charge >= 0.3 is 6.18 Å². The quantitative estimate of drug-likeness (QED) is 0.761. The zero-order chi connectivity index (χ0) is 12.9. The number of hydrogen-bond acceptors (Lipinski definition) is 1. The van der Waals surface area contributed by atoms with E-state index in [9.17, 15) is 13.2 Å². The Morgan fingerprint density at radius 3 is 2.53 bits per heavy atom. The van der Waals surface area contributed by atoms with Crippen LogP contribution in [0.15, 0.2) is 24.3 Å². The third kappa shape index (κ3) is 4.38. The topological polar surface area (TPSA) is 9.23 Å². The van der Waals surface area contributed by atoms with Gasteiger partial charge in [0.05, 0.1) is 11.7 Å². The van der Waals surface area contributed by atoms with Crippen molar-refractivity contribution in [3.63, 3.8) is 0 Å². The van der Waals surface area contributed by atoms with Gasteiger partial charge in [-0.05, 0) is 24.5 Å². The van der Waals surface area contributed by atoms with E-state index in [1.807, 2.05) is 6.92 Å². The molecule has 0 bridgehead atoms. The Morgan fingerprint density at radius 1 is 1.29 bits per heavy atom. The molecule has 0 fully saturated rings. The van der Waals surface area contributed by atoms with Gasteiger partial charge in [0.2, 0.25) is 0 Å². The predicted octanol–water partition coefficient (Wildman–Crippen LogP) is 4.06. The summed E-state index contributed by atoms with van der Waals surface area (Å²) < 4.78 is 42.8. The van der Waals surface area contributed by atoms with Gasteiger partial charge in [0.25, 0.3) is 0 Å². The zero-order valence-corrected chi connectivity index (χ0v) is 10.1. The Kier molecular flexibility index (Phi) is 5.00. The van der Waals surface area contributed by atoms with Crippen molar-refractivity contribution in [3.05, 3.63) is 35.4 Å². The van der Waals surface area contributed by atoms with Crippen LogP contribution in [0.1, 0.15) is 30.9 Å². The van der Waals surface area contributed by atoms with Crippen molar-refractivity contribution in [2.24, 2.45) is 0 Å². The highest BCUT2D eigenvalue weighted by Gasteiger charge is 2.30. The van der Waals surface area contributed by atoms with Crippen LogP contribution < -0.4 is 0 Å². The Balaban J connectivity index is 2.78. The standard InChI is InChI=1S/C13H17F3O/c1-3-5-12(17-2)9-10-6-4-7-11(8-10)13(14,15)16/h4,6-8,12H,3,5,9H2,1-2H3. The Labute approximate surface area is 99.6 Å². The monoisotopic (exact) mass is 246 g/mol. The van der Waals surface area contributed by atoms with Gasteiger partial charge in [-0.25, -0.2) is 0 Å². The summed E-state index contributed by atoms with van der Waals surface area (Å²) >= 11 is 0. The lowest BCUT2D eigenvalue weighted by atomic mass is 10.0. The first kappa shape index (κ1) is 14.0. The first-order valence-corrected chi connectivity index (χ1v) is 5.66. The van der Waals surface area contributed by atoms with Crippen molar-refractivity contribution in [3.8, 4) is 0 Å². The van der Waals surface area contributed by atoms with Crippen molar-refractivity contribution in [2.45, 2.75) is 38.5 Å². The molecule has 1 aromatic carbocycles. The minimum Gasteiger partial charge on any atom is -0.381 e. The molecule has 1 unspecified atom stereocenters. The summed E-state index contributed by atoms with van der Waals surface area (Å²) in [5.41, 5.74) is 0.0708. The molecule has 0 N–H and O–H groups in total. The molecule has 0 amide bonds. The minimum atomic E-state index is -4.27. The first-order chi connectivity index (χ1) is 7.97. The second-order valence-corrected chi connectivity index (χ2v) is 4.05. The van der Waals surface area contributed by atoms with Gasteiger partial charge in [-0.1, -0.05) is 31.5 Å². The van der Waals surface area contributed by atoms with Crippen molar-refractivity contribution in [2.75, 3.05) is 7.11 Å². The average molecular weight is 246 g/mol. The smallest absolute Gasteiger partial charge is 0.381 e. The number of halogens is 3. The molecule has 0 radical (unpaired) electrons. The largest absolute Gasteiger partial charge is 0.416 e. The molecule has 0 saturated heterocycles. The summed E-state index contributed by atoms with van der Waals surface area (Å²) in [6.45, 7) is 2.03. The number of alkyl halides is 3. The number of ether oxygens (including phenoxy) is 1. The second-order valence-electron chi connectivity index (χ2n) is 4.05. The van der Waals surface area contributed by atoms with Gasteiger partial charge in [-0.15, -0.1) is 0 Å². The van der Waals surface area contributed by atoms with E-state index < -0.39 is 11.7 Å². The van der Waals surface area contributed by atoms with E-state index in [-0.39, 0.29) is 6.10 Å². The van der Waals surface area contributed by atoms with Crippen LogP contribution >= 0.6 is 0 Å². The fraction of sp³-hybridized carbons (Fsp3) is 0.538. The van der Waals surface area contributed by atoms with Gasteiger partial charge in [-0.3, -0.25) is 0 Å². The zero-order valence-electron chi connectivity index (χ0n) is 10.1. The fourth-order valence-electron chi connectivity index (χ4n) is 1.76. The van der Waals surface area contributed by atoms with Gasteiger partial charge in [0.1, 0.15) is 0 Å². The molecule has 1 aromatic rings. The number of benzene rings is 1. The highest BCUT2D eigenvalue weighted by molar-refractivity contribution is 5.26. The van der Waals surface area contributed by atoms with E-state index in [0.29, 0.717) is 12.0 Å². The Hall–Kier alpha value is -1.03. The fourth-order valence-corrected chi connectivity index (χ4v) is 1.76. The molecule has 0 saturated carbocycles. The minimum absolute atomic E-state index is 0.0107. The van der Waals surface area contributed by atoms with E-state index in [0.717, 1.165) is 18.9 Å². The van der Waals surface area contributed by atoms with E-state index in [4.69, 9.17) is 4.74 Å². The van der Waals surface area contributed by atoms with E-state index in [1.54, 1.807) is 13.2 Å². The molecule has 0 aromatic heterocycles. The van der Waals surface area contributed by atoms with Crippen LogP contribution in [0.5, 0.6) is 0 Å². The first-order valence-electron chi connectivity index (χ1n) is 5.66. The van der Waals surface area contributed by atoms with Gasteiger partial charge in [-0.2, -0.15) is 13.2 Å². The van der Waals surface area contributed by atoms with E-state index in [1.165, 1.54) is 12.1 Å². The molecular weight excluding hydrogens is 229 g/mol. The SMILES string of the molecule is CCCC(Cc1cccc(C(F)(F)F)c1)OC. The molecule has 4 heteroatoms. The highest BCUT2D eigenvalue weighted by atomic mass is 19.4. The van der Waals surface area contributed by atoms with Crippen molar-refractivity contribution >= 4 is 0 Å². The molecule has 96 valence electrons. The normalized spacial score (nSPS) is 13.7.